The zero-order chi connectivity index (χ0) is 13.1. The average molecular weight is 262 g/mol. The van der Waals surface area contributed by atoms with Gasteiger partial charge >= 0.3 is 0 Å². The third-order valence-electron chi connectivity index (χ3n) is 2.99. The maximum Gasteiger partial charge on any atom is 0.120 e. The van der Waals surface area contributed by atoms with Crippen LogP contribution in [0.3, 0.4) is 0 Å². The van der Waals surface area contributed by atoms with Crippen LogP contribution in [0.5, 0.6) is 0 Å². The van der Waals surface area contributed by atoms with Crippen LogP contribution in [-0.4, -0.2) is 19.3 Å². The molecule has 5 heteroatoms. The molecule has 0 saturated carbocycles. The van der Waals surface area contributed by atoms with Crippen molar-refractivity contribution in [1.82, 2.24) is 14.3 Å². The maximum absolute atomic E-state index is 5.70. The highest BCUT2D eigenvalue weighted by Crippen LogP contribution is 2.10. The standard InChI is InChI=1S/C13H18N4S/c1-3-10-8-11(17(4-2)15-10)9-16-7-5-6-12(16)13(14)18/h5-8H,3-4,9H2,1-2H3,(H2,14,18). The van der Waals surface area contributed by atoms with Gasteiger partial charge in [-0.1, -0.05) is 19.1 Å². The minimum atomic E-state index is 0.429. The van der Waals surface area contributed by atoms with Gasteiger partial charge in [-0.3, -0.25) is 4.68 Å². The van der Waals surface area contributed by atoms with Gasteiger partial charge < -0.3 is 10.3 Å². The molecular weight excluding hydrogens is 244 g/mol. The summed E-state index contributed by atoms with van der Waals surface area (Å²) >= 11 is 5.04. The van der Waals surface area contributed by atoms with Gasteiger partial charge in [0.15, 0.2) is 0 Å². The van der Waals surface area contributed by atoms with Gasteiger partial charge in [-0.2, -0.15) is 5.10 Å². The summed E-state index contributed by atoms with van der Waals surface area (Å²) in [5.41, 5.74) is 8.90. The molecule has 2 aromatic rings. The van der Waals surface area contributed by atoms with Crippen molar-refractivity contribution in [2.24, 2.45) is 5.73 Å². The lowest BCUT2D eigenvalue weighted by molar-refractivity contribution is 0.595. The molecule has 0 unspecified atom stereocenters. The lowest BCUT2D eigenvalue weighted by Crippen LogP contribution is -2.17. The van der Waals surface area contributed by atoms with E-state index in [2.05, 4.69) is 29.6 Å². The predicted molar refractivity (Wildman–Crippen MR) is 76.7 cm³/mol. The molecule has 2 rings (SSSR count). The van der Waals surface area contributed by atoms with Gasteiger partial charge in [0.25, 0.3) is 0 Å². The first-order chi connectivity index (χ1) is 8.65. The summed E-state index contributed by atoms with van der Waals surface area (Å²) in [6.07, 6.45) is 2.95. The number of aryl methyl sites for hydroxylation is 2. The molecule has 0 aliphatic rings. The molecule has 2 N–H and O–H groups in total. The molecule has 0 saturated heterocycles. The van der Waals surface area contributed by atoms with Gasteiger partial charge in [0, 0.05) is 12.7 Å². The second-order valence-corrected chi connectivity index (χ2v) is 4.62. The molecule has 0 spiro atoms. The molecule has 0 atom stereocenters. The van der Waals surface area contributed by atoms with Gasteiger partial charge in [0.05, 0.1) is 23.6 Å². The molecule has 0 fully saturated rings. The summed E-state index contributed by atoms with van der Waals surface area (Å²) in [6.45, 7) is 5.84. The van der Waals surface area contributed by atoms with E-state index in [1.807, 2.05) is 23.0 Å². The van der Waals surface area contributed by atoms with Crippen LogP contribution in [0.4, 0.5) is 0 Å². The van der Waals surface area contributed by atoms with E-state index < -0.39 is 0 Å². The van der Waals surface area contributed by atoms with Gasteiger partial charge in [-0.15, -0.1) is 0 Å². The number of rotatable bonds is 5. The number of nitrogens with zero attached hydrogens (tertiary/aromatic N) is 3. The highest BCUT2D eigenvalue weighted by Gasteiger charge is 2.09. The van der Waals surface area contributed by atoms with E-state index in [0.29, 0.717) is 4.99 Å². The SMILES string of the molecule is CCc1cc(Cn2cccc2C(N)=S)n(CC)n1. The molecule has 96 valence electrons. The third-order valence-corrected chi connectivity index (χ3v) is 3.20. The second-order valence-electron chi connectivity index (χ2n) is 4.18. The van der Waals surface area contributed by atoms with E-state index in [1.54, 1.807) is 0 Å². The fraction of sp³-hybridized carbons (Fsp3) is 0.385. The number of nitrogens with two attached hydrogens (primary N) is 1. The molecule has 0 bridgehead atoms. The fourth-order valence-electron chi connectivity index (χ4n) is 2.04. The van der Waals surface area contributed by atoms with Crippen molar-refractivity contribution < 1.29 is 0 Å². The highest BCUT2D eigenvalue weighted by atomic mass is 32.1. The lowest BCUT2D eigenvalue weighted by atomic mass is 10.3. The van der Waals surface area contributed by atoms with Crippen molar-refractivity contribution in [2.75, 3.05) is 0 Å². The van der Waals surface area contributed by atoms with Gasteiger partial charge in [-0.25, -0.2) is 0 Å². The predicted octanol–water partition coefficient (Wildman–Crippen LogP) is 1.95. The van der Waals surface area contributed by atoms with Gasteiger partial charge in [0.1, 0.15) is 4.99 Å². The molecule has 0 aromatic carbocycles. The van der Waals surface area contributed by atoms with Crippen LogP contribution >= 0.6 is 12.2 Å². The third kappa shape index (κ3) is 2.46. The van der Waals surface area contributed by atoms with E-state index in [1.165, 1.54) is 5.69 Å². The van der Waals surface area contributed by atoms with Crippen LogP contribution in [0.25, 0.3) is 0 Å². The summed E-state index contributed by atoms with van der Waals surface area (Å²) in [7, 11) is 0. The lowest BCUT2D eigenvalue weighted by Gasteiger charge is -2.09. The Morgan fingerprint density at radius 2 is 2.22 bits per heavy atom. The van der Waals surface area contributed by atoms with Crippen LogP contribution in [0.2, 0.25) is 0 Å². The monoisotopic (exact) mass is 262 g/mol. The number of hydrogen-bond donors (Lipinski definition) is 1. The molecule has 2 heterocycles. The zero-order valence-corrected chi connectivity index (χ0v) is 11.6. The molecule has 2 aromatic heterocycles. The first kappa shape index (κ1) is 12.8. The Hall–Kier alpha value is -1.62. The van der Waals surface area contributed by atoms with Crippen molar-refractivity contribution >= 4 is 17.2 Å². The van der Waals surface area contributed by atoms with Crippen molar-refractivity contribution in [3.05, 3.63) is 41.5 Å². The zero-order valence-electron chi connectivity index (χ0n) is 10.8. The van der Waals surface area contributed by atoms with Crippen LogP contribution < -0.4 is 5.73 Å². The Labute approximate surface area is 112 Å². The number of hydrogen-bond acceptors (Lipinski definition) is 2. The van der Waals surface area contributed by atoms with Crippen molar-refractivity contribution in [1.29, 1.82) is 0 Å². The second kappa shape index (κ2) is 5.35. The van der Waals surface area contributed by atoms with E-state index in [0.717, 1.165) is 30.9 Å². The number of aromatic nitrogens is 3. The first-order valence-corrected chi connectivity index (χ1v) is 6.57. The minimum absolute atomic E-state index is 0.429. The number of thiocarbonyl (C=S) groups is 1. The van der Waals surface area contributed by atoms with Gasteiger partial charge in [0.2, 0.25) is 0 Å². The molecule has 0 aliphatic heterocycles. The van der Waals surface area contributed by atoms with E-state index in [-0.39, 0.29) is 0 Å². The molecule has 0 aliphatic carbocycles. The average Bonchev–Trinajstić information content (AvgIpc) is 2.95. The summed E-state index contributed by atoms with van der Waals surface area (Å²) < 4.78 is 4.09. The first-order valence-electron chi connectivity index (χ1n) is 6.16. The quantitative estimate of drug-likeness (QED) is 0.838. The van der Waals surface area contributed by atoms with E-state index >= 15 is 0 Å². The van der Waals surface area contributed by atoms with E-state index in [9.17, 15) is 0 Å². The normalized spacial score (nSPS) is 10.8. The van der Waals surface area contributed by atoms with Crippen LogP contribution in [0.15, 0.2) is 24.4 Å². The summed E-state index contributed by atoms with van der Waals surface area (Å²) in [4.78, 5) is 0.429. The Morgan fingerprint density at radius 3 is 2.83 bits per heavy atom. The van der Waals surface area contributed by atoms with Crippen LogP contribution in [0, 0.1) is 0 Å². The summed E-state index contributed by atoms with van der Waals surface area (Å²) in [6, 6.07) is 6.05. The fourth-order valence-corrected chi connectivity index (χ4v) is 2.22. The molecular formula is C13H18N4S. The topological polar surface area (TPSA) is 48.8 Å². The highest BCUT2D eigenvalue weighted by molar-refractivity contribution is 7.80. The van der Waals surface area contributed by atoms with Crippen LogP contribution in [0.1, 0.15) is 30.9 Å². The molecule has 0 radical (unpaired) electrons. The molecule has 18 heavy (non-hydrogen) atoms. The Balaban J connectivity index is 2.30. The van der Waals surface area contributed by atoms with E-state index in [4.69, 9.17) is 18.0 Å². The Bertz CT molecular complexity index is 553. The smallest absolute Gasteiger partial charge is 0.120 e. The maximum atomic E-state index is 5.70. The molecule has 4 nitrogen and oxygen atoms in total. The summed E-state index contributed by atoms with van der Waals surface area (Å²) in [5.74, 6) is 0. The largest absolute Gasteiger partial charge is 0.388 e. The Kier molecular flexibility index (Phi) is 3.81. The minimum Gasteiger partial charge on any atom is -0.388 e. The van der Waals surface area contributed by atoms with Crippen molar-refractivity contribution in [3.8, 4) is 0 Å². The van der Waals surface area contributed by atoms with Crippen molar-refractivity contribution in [3.63, 3.8) is 0 Å². The molecule has 0 amide bonds. The Morgan fingerprint density at radius 1 is 1.44 bits per heavy atom. The summed E-state index contributed by atoms with van der Waals surface area (Å²) in [5, 5.41) is 4.54. The van der Waals surface area contributed by atoms with Crippen LogP contribution in [-0.2, 0) is 19.5 Å². The van der Waals surface area contributed by atoms with Crippen molar-refractivity contribution in [2.45, 2.75) is 33.4 Å². The van der Waals surface area contributed by atoms with Gasteiger partial charge in [-0.05, 0) is 31.5 Å².